The number of rotatable bonds is 10. The van der Waals surface area contributed by atoms with Gasteiger partial charge in [-0.25, -0.2) is 8.42 Å². The summed E-state index contributed by atoms with van der Waals surface area (Å²) in [5, 5.41) is 0. The van der Waals surface area contributed by atoms with E-state index in [1.165, 1.54) is 0 Å². The fraction of sp³-hybridized carbons (Fsp3) is 0.0625. The van der Waals surface area contributed by atoms with Gasteiger partial charge in [0.1, 0.15) is 0 Å². The monoisotopic (exact) mass is 536 g/mol. The number of benzene rings is 4. The fourth-order valence-electron chi connectivity index (χ4n) is 4.37. The van der Waals surface area contributed by atoms with Crippen molar-refractivity contribution >= 4 is 33.8 Å². The third kappa shape index (κ3) is 6.05. The van der Waals surface area contributed by atoms with Gasteiger partial charge in [-0.2, -0.15) is 0 Å². The molecule has 0 aliphatic carbocycles. The van der Waals surface area contributed by atoms with Gasteiger partial charge in [0, 0.05) is 11.1 Å². The first-order valence-corrected chi connectivity index (χ1v) is 13.6. The standard InChI is InChI=1S/C32H28N2O4S/c1-3-23-9-11-25(31(33)35)19-27(23)17-21-5-13-29(14-6-21)39(37,38)30-15-7-22(8-16-30)18-28-20-26(32(34)36)12-10-24(28)4-2/h3-16,19-20H,1-2,17-18H2,(H2,33,35)(H2,34,36). The predicted octanol–water partition coefficient (Wildman–Crippen LogP) is 5.18. The van der Waals surface area contributed by atoms with Crippen molar-refractivity contribution in [3.8, 4) is 0 Å². The molecule has 0 aromatic heterocycles. The van der Waals surface area contributed by atoms with Crippen molar-refractivity contribution in [2.45, 2.75) is 22.6 Å². The zero-order valence-electron chi connectivity index (χ0n) is 21.3. The molecule has 0 unspecified atom stereocenters. The number of amides is 2. The van der Waals surface area contributed by atoms with Gasteiger partial charge in [0.2, 0.25) is 21.7 Å². The lowest BCUT2D eigenvalue weighted by Gasteiger charge is -2.11. The van der Waals surface area contributed by atoms with E-state index in [0.29, 0.717) is 24.0 Å². The van der Waals surface area contributed by atoms with E-state index in [9.17, 15) is 18.0 Å². The second-order valence-electron chi connectivity index (χ2n) is 9.11. The van der Waals surface area contributed by atoms with Gasteiger partial charge in [0.15, 0.2) is 0 Å². The summed E-state index contributed by atoms with van der Waals surface area (Å²) in [7, 11) is -3.73. The Bertz CT molecular complexity index is 1570. The van der Waals surface area contributed by atoms with Crippen LogP contribution in [-0.2, 0) is 22.7 Å². The lowest BCUT2D eigenvalue weighted by molar-refractivity contribution is 0.0991. The summed E-state index contributed by atoms with van der Waals surface area (Å²) in [6, 6.07) is 23.7. The number of hydrogen-bond acceptors (Lipinski definition) is 4. The highest BCUT2D eigenvalue weighted by molar-refractivity contribution is 7.91. The maximum absolute atomic E-state index is 13.3. The molecule has 0 atom stereocenters. The molecular weight excluding hydrogens is 508 g/mol. The highest BCUT2D eigenvalue weighted by atomic mass is 32.2. The third-order valence-electron chi connectivity index (χ3n) is 6.55. The number of carbonyl (C=O) groups is 2. The van der Waals surface area contributed by atoms with Gasteiger partial charge in [0.25, 0.3) is 0 Å². The molecule has 4 aromatic rings. The van der Waals surface area contributed by atoms with Gasteiger partial charge in [-0.15, -0.1) is 0 Å². The normalized spacial score (nSPS) is 11.1. The Labute approximate surface area is 228 Å². The van der Waals surface area contributed by atoms with Crippen LogP contribution in [0.1, 0.15) is 54.1 Å². The van der Waals surface area contributed by atoms with Crippen LogP contribution in [0.4, 0.5) is 0 Å². The molecule has 0 aliphatic heterocycles. The molecule has 0 fully saturated rings. The maximum atomic E-state index is 13.3. The van der Waals surface area contributed by atoms with E-state index in [1.54, 1.807) is 97.1 Å². The average molecular weight is 537 g/mol. The summed E-state index contributed by atoms with van der Waals surface area (Å²) in [6.45, 7) is 7.64. The Morgan fingerprint density at radius 3 is 1.28 bits per heavy atom. The maximum Gasteiger partial charge on any atom is 0.248 e. The quantitative estimate of drug-likeness (QED) is 0.290. The van der Waals surface area contributed by atoms with Crippen molar-refractivity contribution in [2.24, 2.45) is 11.5 Å². The molecule has 0 radical (unpaired) electrons. The zero-order chi connectivity index (χ0) is 28.2. The van der Waals surface area contributed by atoms with Crippen molar-refractivity contribution in [1.82, 2.24) is 0 Å². The van der Waals surface area contributed by atoms with E-state index in [2.05, 4.69) is 13.2 Å². The largest absolute Gasteiger partial charge is 0.366 e. The van der Waals surface area contributed by atoms with Crippen LogP contribution in [0, 0.1) is 0 Å². The van der Waals surface area contributed by atoms with Crippen LogP contribution in [0.25, 0.3) is 12.2 Å². The Morgan fingerprint density at radius 2 is 0.974 bits per heavy atom. The molecule has 4 N–H and O–H groups in total. The van der Waals surface area contributed by atoms with Crippen molar-refractivity contribution in [3.05, 3.63) is 143 Å². The fourth-order valence-corrected chi connectivity index (χ4v) is 5.63. The van der Waals surface area contributed by atoms with Crippen LogP contribution < -0.4 is 11.5 Å². The van der Waals surface area contributed by atoms with Crippen molar-refractivity contribution in [2.75, 3.05) is 0 Å². The van der Waals surface area contributed by atoms with Gasteiger partial charge < -0.3 is 11.5 Å². The second-order valence-corrected chi connectivity index (χ2v) is 11.1. The summed E-state index contributed by atoms with van der Waals surface area (Å²) >= 11 is 0. The average Bonchev–Trinajstić information content (AvgIpc) is 2.93. The first kappa shape index (κ1) is 27.3. The molecular formula is C32H28N2O4S. The van der Waals surface area contributed by atoms with E-state index in [-0.39, 0.29) is 9.79 Å². The third-order valence-corrected chi connectivity index (χ3v) is 8.34. The predicted molar refractivity (Wildman–Crippen MR) is 154 cm³/mol. The Kier molecular flexibility index (Phi) is 7.93. The van der Waals surface area contributed by atoms with Crippen molar-refractivity contribution < 1.29 is 18.0 Å². The van der Waals surface area contributed by atoms with E-state index in [1.807, 2.05) is 0 Å². The molecule has 6 nitrogen and oxygen atoms in total. The molecule has 0 heterocycles. The highest BCUT2D eigenvalue weighted by Crippen LogP contribution is 2.25. The molecule has 7 heteroatoms. The van der Waals surface area contributed by atoms with Crippen LogP contribution >= 0.6 is 0 Å². The lowest BCUT2D eigenvalue weighted by Crippen LogP contribution is -2.11. The van der Waals surface area contributed by atoms with Gasteiger partial charge in [-0.1, -0.05) is 61.7 Å². The summed E-state index contributed by atoms with van der Waals surface area (Å²) in [6.07, 6.45) is 4.38. The van der Waals surface area contributed by atoms with E-state index in [0.717, 1.165) is 33.4 Å². The van der Waals surface area contributed by atoms with Gasteiger partial charge in [-0.05, 0) is 94.8 Å². The summed E-state index contributed by atoms with van der Waals surface area (Å²) in [4.78, 5) is 23.5. The highest BCUT2D eigenvalue weighted by Gasteiger charge is 2.18. The summed E-state index contributed by atoms with van der Waals surface area (Å²) in [5.74, 6) is -1.03. The number of carbonyl (C=O) groups excluding carboxylic acids is 2. The number of nitrogens with two attached hydrogens (primary N) is 2. The topological polar surface area (TPSA) is 120 Å². The molecule has 0 aliphatic rings. The summed E-state index contributed by atoms with van der Waals surface area (Å²) in [5.41, 5.74) is 16.9. The summed E-state index contributed by atoms with van der Waals surface area (Å²) < 4.78 is 26.6. The molecule has 0 spiro atoms. The van der Waals surface area contributed by atoms with E-state index in [4.69, 9.17) is 11.5 Å². The second kappa shape index (κ2) is 11.3. The molecule has 2 amide bonds. The van der Waals surface area contributed by atoms with Crippen molar-refractivity contribution in [1.29, 1.82) is 0 Å². The minimum atomic E-state index is -3.73. The van der Waals surface area contributed by atoms with Gasteiger partial charge in [0.05, 0.1) is 9.79 Å². The van der Waals surface area contributed by atoms with E-state index < -0.39 is 21.7 Å². The number of sulfone groups is 1. The molecule has 39 heavy (non-hydrogen) atoms. The number of hydrogen-bond donors (Lipinski definition) is 2. The molecule has 0 saturated heterocycles. The SMILES string of the molecule is C=Cc1ccc(C(N)=O)cc1Cc1ccc(S(=O)(=O)c2ccc(Cc3cc(C(N)=O)ccc3C=C)cc2)cc1. The molecule has 196 valence electrons. The smallest absolute Gasteiger partial charge is 0.248 e. The van der Waals surface area contributed by atoms with Crippen LogP contribution in [0.15, 0.2) is 108 Å². The van der Waals surface area contributed by atoms with Crippen LogP contribution in [0.3, 0.4) is 0 Å². The first-order valence-electron chi connectivity index (χ1n) is 12.2. The lowest BCUT2D eigenvalue weighted by atomic mass is 9.97. The number of primary amides is 2. The van der Waals surface area contributed by atoms with E-state index >= 15 is 0 Å². The van der Waals surface area contributed by atoms with Crippen LogP contribution in [-0.4, -0.2) is 20.2 Å². The van der Waals surface area contributed by atoms with Crippen LogP contribution in [0.5, 0.6) is 0 Å². The Hall–Kier alpha value is -4.75. The Balaban J connectivity index is 1.54. The molecule has 0 saturated carbocycles. The van der Waals surface area contributed by atoms with Gasteiger partial charge in [-0.3, -0.25) is 9.59 Å². The molecule has 4 rings (SSSR count). The first-order chi connectivity index (χ1) is 18.6. The molecule has 4 aromatic carbocycles. The van der Waals surface area contributed by atoms with Gasteiger partial charge >= 0.3 is 0 Å². The van der Waals surface area contributed by atoms with Crippen LogP contribution in [0.2, 0.25) is 0 Å². The molecule has 0 bridgehead atoms. The van der Waals surface area contributed by atoms with Crippen molar-refractivity contribution in [3.63, 3.8) is 0 Å². The Morgan fingerprint density at radius 1 is 0.615 bits per heavy atom. The zero-order valence-corrected chi connectivity index (χ0v) is 22.1. The minimum absolute atomic E-state index is 0.178. The minimum Gasteiger partial charge on any atom is -0.366 e.